The molecule has 1 aromatic heterocycles. The zero-order valence-electron chi connectivity index (χ0n) is 11.4. The molecule has 0 spiro atoms. The summed E-state index contributed by atoms with van der Waals surface area (Å²) >= 11 is 0.313. The number of alkyl halides is 2. The lowest BCUT2D eigenvalue weighted by molar-refractivity contribution is 0.251. The Kier molecular flexibility index (Phi) is 6.20. The molecule has 1 unspecified atom stereocenters. The van der Waals surface area contributed by atoms with Gasteiger partial charge in [-0.1, -0.05) is 6.92 Å². The van der Waals surface area contributed by atoms with E-state index >= 15 is 0 Å². The fraction of sp³-hybridized carbons (Fsp3) is 0.727. The number of nitrogens with one attached hydrogen (secondary N) is 2. The van der Waals surface area contributed by atoms with Crippen LogP contribution >= 0.6 is 11.8 Å². The minimum Gasteiger partial charge on any atom is -0.352 e. The minimum atomic E-state index is -2.55. The van der Waals surface area contributed by atoms with Gasteiger partial charge in [-0.15, -0.1) is 0 Å². The highest BCUT2D eigenvalue weighted by molar-refractivity contribution is 7.99. The van der Waals surface area contributed by atoms with Crippen LogP contribution in [0.5, 0.6) is 0 Å². The average Bonchev–Trinajstić information content (AvgIpc) is 2.26. The maximum Gasteiger partial charge on any atom is 0.291 e. The summed E-state index contributed by atoms with van der Waals surface area (Å²) in [6.45, 7) is 7.83. The SMILES string of the molecule is CCC(C)Nc1nc(NC(C)C)nc(SC(F)F)n1. The van der Waals surface area contributed by atoms with Crippen molar-refractivity contribution in [2.24, 2.45) is 0 Å². The van der Waals surface area contributed by atoms with Crippen LogP contribution in [0, 0.1) is 0 Å². The normalized spacial score (nSPS) is 12.8. The first-order valence-electron chi connectivity index (χ1n) is 6.14. The highest BCUT2D eigenvalue weighted by Crippen LogP contribution is 2.23. The summed E-state index contributed by atoms with van der Waals surface area (Å²) < 4.78 is 24.8. The predicted molar refractivity (Wildman–Crippen MR) is 73.8 cm³/mol. The number of anilines is 2. The summed E-state index contributed by atoms with van der Waals surface area (Å²) in [6, 6.07) is 0.280. The molecule has 1 aromatic rings. The molecule has 2 N–H and O–H groups in total. The second-order valence-corrected chi connectivity index (χ2v) is 5.35. The summed E-state index contributed by atoms with van der Waals surface area (Å²) in [5.74, 6) is -1.93. The van der Waals surface area contributed by atoms with Gasteiger partial charge in [-0.25, -0.2) is 0 Å². The molecule has 0 saturated heterocycles. The van der Waals surface area contributed by atoms with Crippen LogP contribution in [0.3, 0.4) is 0 Å². The highest BCUT2D eigenvalue weighted by atomic mass is 32.2. The lowest BCUT2D eigenvalue weighted by Gasteiger charge is -2.14. The Morgan fingerprint density at radius 3 is 2.11 bits per heavy atom. The number of aromatic nitrogens is 3. The summed E-state index contributed by atoms with van der Waals surface area (Å²) in [6.07, 6.45) is 0.885. The van der Waals surface area contributed by atoms with Crippen LogP contribution < -0.4 is 10.6 Å². The lowest BCUT2D eigenvalue weighted by atomic mass is 10.3. The van der Waals surface area contributed by atoms with E-state index in [1.54, 1.807) is 0 Å². The molecule has 108 valence electrons. The zero-order valence-corrected chi connectivity index (χ0v) is 12.3. The van der Waals surface area contributed by atoms with Crippen molar-refractivity contribution < 1.29 is 8.78 Å². The second kappa shape index (κ2) is 7.42. The number of hydrogen-bond donors (Lipinski definition) is 2. The molecule has 0 bridgehead atoms. The van der Waals surface area contributed by atoms with Gasteiger partial charge in [0, 0.05) is 12.1 Å². The van der Waals surface area contributed by atoms with Crippen molar-refractivity contribution in [3.63, 3.8) is 0 Å². The van der Waals surface area contributed by atoms with Gasteiger partial charge in [-0.05, 0) is 39.0 Å². The molecule has 5 nitrogen and oxygen atoms in total. The van der Waals surface area contributed by atoms with Crippen LogP contribution in [0.1, 0.15) is 34.1 Å². The smallest absolute Gasteiger partial charge is 0.291 e. The Bertz CT molecular complexity index is 374. The van der Waals surface area contributed by atoms with Gasteiger partial charge in [0.2, 0.25) is 11.9 Å². The molecule has 0 aliphatic heterocycles. The predicted octanol–water partition coefficient (Wildman–Crippen LogP) is 3.22. The van der Waals surface area contributed by atoms with Gasteiger partial charge in [0.15, 0.2) is 5.16 Å². The van der Waals surface area contributed by atoms with E-state index in [9.17, 15) is 8.78 Å². The Labute approximate surface area is 116 Å². The Morgan fingerprint density at radius 2 is 1.63 bits per heavy atom. The molecular formula is C11H19F2N5S. The van der Waals surface area contributed by atoms with Crippen LogP contribution in [0.15, 0.2) is 5.16 Å². The quantitative estimate of drug-likeness (QED) is 0.752. The number of thioether (sulfide) groups is 1. The van der Waals surface area contributed by atoms with E-state index in [4.69, 9.17) is 0 Å². The Balaban J connectivity index is 2.94. The molecule has 1 rings (SSSR count). The number of nitrogens with zero attached hydrogens (tertiary/aromatic N) is 3. The highest BCUT2D eigenvalue weighted by Gasteiger charge is 2.13. The van der Waals surface area contributed by atoms with E-state index in [1.165, 1.54) is 0 Å². The van der Waals surface area contributed by atoms with E-state index < -0.39 is 5.76 Å². The van der Waals surface area contributed by atoms with Crippen molar-refractivity contribution in [2.75, 3.05) is 10.6 Å². The van der Waals surface area contributed by atoms with Crippen LogP contribution in [-0.2, 0) is 0 Å². The van der Waals surface area contributed by atoms with Crippen molar-refractivity contribution in [3.8, 4) is 0 Å². The third kappa shape index (κ3) is 6.00. The van der Waals surface area contributed by atoms with Crippen molar-refractivity contribution in [2.45, 2.75) is 57.1 Å². The molecule has 0 aliphatic rings. The van der Waals surface area contributed by atoms with Gasteiger partial charge in [0.1, 0.15) is 0 Å². The summed E-state index contributed by atoms with van der Waals surface area (Å²) in [5.41, 5.74) is 0. The summed E-state index contributed by atoms with van der Waals surface area (Å²) in [5, 5.41) is 6.06. The molecule has 0 amide bonds. The first-order valence-corrected chi connectivity index (χ1v) is 7.02. The molecule has 0 radical (unpaired) electrons. The molecule has 0 aromatic carbocycles. The van der Waals surface area contributed by atoms with Crippen molar-refractivity contribution >= 4 is 23.7 Å². The van der Waals surface area contributed by atoms with Crippen LogP contribution in [0.4, 0.5) is 20.7 Å². The van der Waals surface area contributed by atoms with E-state index in [-0.39, 0.29) is 17.2 Å². The maximum absolute atomic E-state index is 12.4. The molecule has 0 fully saturated rings. The van der Waals surface area contributed by atoms with Gasteiger partial charge < -0.3 is 10.6 Å². The Hall–Kier alpha value is -1.18. The van der Waals surface area contributed by atoms with Crippen LogP contribution in [-0.4, -0.2) is 32.8 Å². The second-order valence-electron chi connectivity index (χ2n) is 4.40. The molecular weight excluding hydrogens is 272 g/mol. The molecule has 8 heteroatoms. The molecule has 0 saturated carbocycles. The number of rotatable bonds is 7. The zero-order chi connectivity index (χ0) is 14.4. The topological polar surface area (TPSA) is 62.7 Å². The maximum atomic E-state index is 12.4. The monoisotopic (exact) mass is 291 g/mol. The molecule has 0 aliphatic carbocycles. The lowest BCUT2D eigenvalue weighted by Crippen LogP contribution is -2.19. The minimum absolute atomic E-state index is 0.0129. The van der Waals surface area contributed by atoms with E-state index in [1.807, 2.05) is 27.7 Å². The fourth-order valence-electron chi connectivity index (χ4n) is 1.20. The molecule has 1 heterocycles. The van der Waals surface area contributed by atoms with Gasteiger partial charge in [-0.2, -0.15) is 23.7 Å². The standard InChI is InChI=1S/C11H19F2N5S/c1-5-7(4)15-10-16-9(14-6(2)3)17-11(18-10)19-8(12)13/h6-8H,5H2,1-4H3,(H2,14,15,16,17,18). The third-order valence-electron chi connectivity index (χ3n) is 2.22. The van der Waals surface area contributed by atoms with Crippen LogP contribution in [0.25, 0.3) is 0 Å². The van der Waals surface area contributed by atoms with Crippen molar-refractivity contribution in [1.29, 1.82) is 0 Å². The van der Waals surface area contributed by atoms with Gasteiger partial charge in [-0.3, -0.25) is 0 Å². The van der Waals surface area contributed by atoms with E-state index in [0.717, 1.165) is 6.42 Å². The van der Waals surface area contributed by atoms with Gasteiger partial charge in [0.25, 0.3) is 5.76 Å². The van der Waals surface area contributed by atoms with Gasteiger partial charge >= 0.3 is 0 Å². The molecule has 1 atom stereocenters. The van der Waals surface area contributed by atoms with Crippen molar-refractivity contribution in [3.05, 3.63) is 0 Å². The third-order valence-corrected chi connectivity index (χ3v) is 2.79. The Morgan fingerprint density at radius 1 is 1.05 bits per heavy atom. The number of hydrogen-bond acceptors (Lipinski definition) is 6. The first-order chi connectivity index (χ1) is 8.90. The first kappa shape index (κ1) is 15.9. The van der Waals surface area contributed by atoms with Gasteiger partial charge in [0.05, 0.1) is 0 Å². The van der Waals surface area contributed by atoms with Crippen LogP contribution in [0.2, 0.25) is 0 Å². The molecule has 19 heavy (non-hydrogen) atoms. The summed E-state index contributed by atoms with van der Waals surface area (Å²) in [7, 11) is 0. The van der Waals surface area contributed by atoms with Crippen molar-refractivity contribution in [1.82, 2.24) is 15.0 Å². The van der Waals surface area contributed by atoms with E-state index in [2.05, 4.69) is 25.6 Å². The average molecular weight is 291 g/mol. The van der Waals surface area contributed by atoms with E-state index in [0.29, 0.717) is 23.7 Å². The summed E-state index contributed by atoms with van der Waals surface area (Å²) in [4.78, 5) is 12.1. The largest absolute Gasteiger partial charge is 0.352 e. The fourth-order valence-corrected chi connectivity index (χ4v) is 1.64. The number of halogens is 2.